The van der Waals surface area contributed by atoms with Crippen LogP contribution in [0.5, 0.6) is 5.75 Å². The molecule has 0 fully saturated rings. The number of hydrogen-bond acceptors (Lipinski definition) is 5. The molecule has 0 aliphatic carbocycles. The molecule has 0 saturated carbocycles. The van der Waals surface area contributed by atoms with Gasteiger partial charge in [-0.15, -0.1) is 23.1 Å². The molecule has 1 aromatic carbocycles. The van der Waals surface area contributed by atoms with Gasteiger partial charge in [-0.05, 0) is 44.9 Å². The van der Waals surface area contributed by atoms with Crippen molar-refractivity contribution in [3.8, 4) is 5.75 Å². The Morgan fingerprint density at radius 2 is 2.04 bits per heavy atom. The van der Waals surface area contributed by atoms with Crippen LogP contribution < -0.4 is 10.3 Å². The summed E-state index contributed by atoms with van der Waals surface area (Å²) in [5, 5.41) is 0.839. The van der Waals surface area contributed by atoms with Gasteiger partial charge in [0.15, 0.2) is 0 Å². The maximum atomic E-state index is 12.4. The number of nitrogens with one attached hydrogen (secondary N) is 1. The molecular formula is C19H22N2O2S2. The minimum atomic E-state index is -0.0366. The largest absolute Gasteiger partial charge is 0.492 e. The Balaban J connectivity index is 1.63. The third kappa shape index (κ3) is 3.90. The predicted octanol–water partition coefficient (Wildman–Crippen LogP) is 4.78. The normalized spacial score (nSPS) is 12.5. The number of nitrogens with zero attached hydrogens (tertiary/aromatic N) is 1. The van der Waals surface area contributed by atoms with Crippen LogP contribution in [0, 0.1) is 20.8 Å². The van der Waals surface area contributed by atoms with Crippen LogP contribution in [0.2, 0.25) is 0 Å². The van der Waals surface area contributed by atoms with Crippen LogP contribution >= 0.6 is 23.1 Å². The minimum absolute atomic E-state index is 0.0366. The van der Waals surface area contributed by atoms with Crippen molar-refractivity contribution in [3.05, 3.63) is 56.4 Å². The van der Waals surface area contributed by atoms with E-state index >= 15 is 0 Å². The van der Waals surface area contributed by atoms with E-state index in [1.165, 1.54) is 0 Å². The number of aromatic amines is 1. The first-order valence-corrected chi connectivity index (χ1v) is 10.1. The molecule has 0 aliphatic heterocycles. The quantitative estimate of drug-likeness (QED) is 0.631. The lowest BCUT2D eigenvalue weighted by Gasteiger charge is -2.12. The zero-order valence-electron chi connectivity index (χ0n) is 14.9. The molecule has 3 aromatic rings. The predicted molar refractivity (Wildman–Crippen MR) is 107 cm³/mol. The third-order valence-corrected chi connectivity index (χ3v) is 6.47. The molecule has 0 bridgehead atoms. The molecule has 2 aromatic heterocycles. The van der Waals surface area contributed by atoms with Gasteiger partial charge in [0, 0.05) is 10.6 Å². The molecule has 3 rings (SSSR count). The van der Waals surface area contributed by atoms with E-state index in [1.54, 1.807) is 23.1 Å². The van der Waals surface area contributed by atoms with Crippen LogP contribution in [0.1, 0.15) is 34.0 Å². The summed E-state index contributed by atoms with van der Waals surface area (Å²) < 4.78 is 5.82. The number of benzene rings is 1. The summed E-state index contributed by atoms with van der Waals surface area (Å²) in [5.41, 5.74) is 2.14. The Morgan fingerprint density at radius 3 is 2.80 bits per heavy atom. The first-order chi connectivity index (χ1) is 12.0. The average molecular weight is 375 g/mol. The number of thioether (sulfide) groups is 1. The zero-order valence-corrected chi connectivity index (χ0v) is 16.5. The maximum absolute atomic E-state index is 12.4. The van der Waals surface area contributed by atoms with E-state index in [1.807, 2.05) is 45.0 Å². The molecule has 2 heterocycles. The Hall–Kier alpha value is -1.79. The number of fused-ring (bicyclic) bond motifs is 1. The van der Waals surface area contributed by atoms with Crippen LogP contribution in [0.3, 0.4) is 0 Å². The van der Waals surface area contributed by atoms with Crippen LogP contribution in [-0.4, -0.2) is 22.3 Å². The molecule has 0 radical (unpaired) electrons. The van der Waals surface area contributed by atoms with Gasteiger partial charge in [-0.1, -0.05) is 18.2 Å². The van der Waals surface area contributed by atoms with Gasteiger partial charge >= 0.3 is 0 Å². The number of ether oxygens (including phenoxy) is 1. The molecule has 0 amide bonds. The monoisotopic (exact) mass is 374 g/mol. The lowest BCUT2D eigenvalue weighted by atomic mass is 10.2. The second kappa shape index (κ2) is 7.62. The summed E-state index contributed by atoms with van der Waals surface area (Å²) in [7, 11) is 0. The molecule has 25 heavy (non-hydrogen) atoms. The Bertz CT molecular complexity index is 946. The zero-order chi connectivity index (χ0) is 18.0. The van der Waals surface area contributed by atoms with Gasteiger partial charge in [-0.2, -0.15) is 0 Å². The lowest BCUT2D eigenvalue weighted by Crippen LogP contribution is -2.13. The van der Waals surface area contributed by atoms with Crippen molar-refractivity contribution in [2.75, 3.05) is 12.4 Å². The van der Waals surface area contributed by atoms with Gasteiger partial charge in [-0.25, -0.2) is 4.98 Å². The summed E-state index contributed by atoms with van der Waals surface area (Å²) in [6, 6.07) is 8.01. The highest BCUT2D eigenvalue weighted by Gasteiger charge is 2.15. The number of rotatable bonds is 6. The first kappa shape index (κ1) is 18.0. The highest BCUT2D eigenvalue weighted by atomic mass is 32.2. The highest BCUT2D eigenvalue weighted by Crippen LogP contribution is 2.30. The third-order valence-electron chi connectivity index (χ3n) is 4.24. The minimum Gasteiger partial charge on any atom is -0.492 e. The highest BCUT2D eigenvalue weighted by molar-refractivity contribution is 7.99. The van der Waals surface area contributed by atoms with E-state index in [0.29, 0.717) is 6.61 Å². The van der Waals surface area contributed by atoms with Crippen LogP contribution in [0.15, 0.2) is 29.1 Å². The number of H-pyrrole nitrogens is 1. The number of para-hydroxylation sites is 1. The summed E-state index contributed by atoms with van der Waals surface area (Å²) in [4.78, 5) is 22.0. The molecule has 4 nitrogen and oxygen atoms in total. The molecule has 1 unspecified atom stereocenters. The summed E-state index contributed by atoms with van der Waals surface area (Å²) in [6.07, 6.45) is 0. The van der Waals surface area contributed by atoms with Crippen LogP contribution in [-0.2, 0) is 0 Å². The topological polar surface area (TPSA) is 55.0 Å². The van der Waals surface area contributed by atoms with E-state index in [9.17, 15) is 4.79 Å². The number of aromatic nitrogens is 2. The molecule has 0 saturated heterocycles. The van der Waals surface area contributed by atoms with Crippen molar-refractivity contribution < 1.29 is 4.74 Å². The van der Waals surface area contributed by atoms with Gasteiger partial charge in [0.05, 0.1) is 17.2 Å². The maximum Gasteiger partial charge on any atom is 0.259 e. The lowest BCUT2D eigenvalue weighted by molar-refractivity contribution is 0.341. The first-order valence-electron chi connectivity index (χ1n) is 8.27. The van der Waals surface area contributed by atoms with Crippen molar-refractivity contribution in [3.63, 3.8) is 0 Å². The average Bonchev–Trinajstić information content (AvgIpc) is 2.87. The van der Waals surface area contributed by atoms with Crippen molar-refractivity contribution in [2.45, 2.75) is 32.9 Å². The molecule has 1 atom stereocenters. The van der Waals surface area contributed by atoms with Crippen molar-refractivity contribution in [1.29, 1.82) is 0 Å². The molecule has 1 N–H and O–H groups in total. The molecule has 6 heteroatoms. The second-order valence-electron chi connectivity index (χ2n) is 6.04. The van der Waals surface area contributed by atoms with E-state index in [-0.39, 0.29) is 10.8 Å². The Labute approximate surface area is 155 Å². The van der Waals surface area contributed by atoms with Gasteiger partial charge < -0.3 is 9.72 Å². The summed E-state index contributed by atoms with van der Waals surface area (Å²) in [5.74, 6) is 2.49. The summed E-state index contributed by atoms with van der Waals surface area (Å²) >= 11 is 3.32. The van der Waals surface area contributed by atoms with Gasteiger partial charge in [0.1, 0.15) is 16.4 Å². The van der Waals surface area contributed by atoms with E-state index in [0.717, 1.165) is 43.5 Å². The fourth-order valence-electron chi connectivity index (χ4n) is 2.64. The second-order valence-corrected chi connectivity index (χ2v) is 8.69. The standard InChI is InChI=1S/C19H22N2O2S2/c1-11-7-5-6-8-15(11)23-9-10-24-14(4)17-20-18(22)16-12(2)13(3)25-19(16)21-17/h5-8,14H,9-10H2,1-4H3,(H,20,21,22). The van der Waals surface area contributed by atoms with E-state index < -0.39 is 0 Å². The van der Waals surface area contributed by atoms with E-state index in [4.69, 9.17) is 4.74 Å². The molecule has 0 aliphatic rings. The number of hydrogen-bond donors (Lipinski definition) is 1. The summed E-state index contributed by atoms with van der Waals surface area (Å²) in [6.45, 7) is 8.74. The van der Waals surface area contributed by atoms with Crippen molar-refractivity contribution in [1.82, 2.24) is 9.97 Å². The van der Waals surface area contributed by atoms with Gasteiger partial charge in [0.2, 0.25) is 0 Å². The van der Waals surface area contributed by atoms with Crippen LogP contribution in [0.4, 0.5) is 0 Å². The number of thiophene rings is 1. The molecule has 132 valence electrons. The van der Waals surface area contributed by atoms with Gasteiger partial charge in [0.25, 0.3) is 5.56 Å². The smallest absolute Gasteiger partial charge is 0.259 e. The molecule has 0 spiro atoms. The molecular weight excluding hydrogens is 352 g/mol. The van der Waals surface area contributed by atoms with Crippen molar-refractivity contribution >= 4 is 33.3 Å². The van der Waals surface area contributed by atoms with Gasteiger partial charge in [-0.3, -0.25) is 4.79 Å². The Morgan fingerprint density at radius 1 is 1.28 bits per heavy atom. The van der Waals surface area contributed by atoms with Crippen LogP contribution in [0.25, 0.3) is 10.2 Å². The fourth-order valence-corrected chi connectivity index (χ4v) is 4.48. The van der Waals surface area contributed by atoms with Crippen molar-refractivity contribution in [2.24, 2.45) is 0 Å². The number of aryl methyl sites for hydroxylation is 3. The van der Waals surface area contributed by atoms with E-state index in [2.05, 4.69) is 16.9 Å². The SMILES string of the molecule is Cc1ccccc1OCCSC(C)c1nc2sc(C)c(C)c2c(=O)[nH]1. The Kier molecular flexibility index (Phi) is 5.49. The fraction of sp³-hybridized carbons (Fsp3) is 0.368.